The molecule has 0 saturated heterocycles. The van der Waals surface area contributed by atoms with Crippen molar-refractivity contribution in [2.24, 2.45) is 0 Å². The Bertz CT molecular complexity index is 8.00. The van der Waals surface area contributed by atoms with E-state index in [2.05, 4.69) is 0 Å². The Kier molecular flexibility index (Phi) is 156. The fourth-order valence-corrected chi connectivity index (χ4v) is 0. The van der Waals surface area contributed by atoms with Gasteiger partial charge in [0, 0.05) is 19.5 Å². The van der Waals surface area contributed by atoms with E-state index in [1.54, 1.807) is 0 Å². The van der Waals surface area contributed by atoms with Crippen molar-refractivity contribution in [3.63, 3.8) is 0 Å². The van der Waals surface area contributed by atoms with E-state index in [0.29, 0.717) is 0 Å². The number of rotatable bonds is 0. The van der Waals surface area contributed by atoms with Crippen molar-refractivity contribution in [3.05, 3.63) is 0 Å². The molecule has 2 radical (unpaired) electrons. The second-order valence-corrected chi connectivity index (χ2v) is 0. The molecule has 0 saturated carbocycles. The molecule has 0 aliphatic carbocycles. The molecule has 0 spiro atoms. The molecule has 0 heterocycles. The van der Waals surface area contributed by atoms with E-state index in [9.17, 15) is 0 Å². The van der Waals surface area contributed by atoms with E-state index in [1.165, 1.54) is 0 Å². The maximum atomic E-state index is 0. The van der Waals surface area contributed by atoms with Crippen LogP contribution in [-0.2, 0) is 19.5 Å². The summed E-state index contributed by atoms with van der Waals surface area (Å²) in [5.74, 6) is 0. The largest absolute Gasteiger partial charge is 0 e. The number of hydrogen-bond donors (Lipinski definition) is 0. The van der Waals surface area contributed by atoms with E-state index < -0.39 is 0 Å². The van der Waals surface area contributed by atoms with Gasteiger partial charge in [-0.25, -0.2) is 0 Å². The summed E-state index contributed by atoms with van der Waals surface area (Å²) in [7, 11) is 0. The topological polar surface area (TPSA) is 0 Å². The van der Waals surface area contributed by atoms with E-state index in [0.717, 1.165) is 0 Å². The molecule has 0 amide bonds. The molecule has 0 bridgehead atoms. The predicted molar refractivity (Wildman–Crippen MR) is 27.5 cm³/mol. The average Bonchev–Trinajstić information content (AvgIpc) is 0. The molecule has 0 unspecified atom stereocenters. The monoisotopic (exact) mass is 302 g/mol. The van der Waals surface area contributed by atoms with Crippen molar-refractivity contribution in [1.82, 2.24) is 0 Å². The van der Waals surface area contributed by atoms with Gasteiger partial charge in [-0.1, -0.05) is 0 Å². The Morgan fingerprint density at radius 1 is 1.00 bits per heavy atom. The molecule has 0 nitrogen and oxygen atoms in total. The third-order valence-electron chi connectivity index (χ3n) is 0. The molecule has 0 aromatic carbocycles. The molecule has 0 atom stereocenters. The zero-order valence-corrected chi connectivity index (χ0v) is 12.5. The first-order valence-corrected chi connectivity index (χ1v) is 0. The minimum absolute atomic E-state index is 0. The zero-order valence-electron chi connectivity index (χ0n) is 2.41. The van der Waals surface area contributed by atoms with Crippen LogP contribution in [0.2, 0.25) is 0 Å². The van der Waals surface area contributed by atoms with Gasteiger partial charge in [-0.05, 0) is 0 Å². The van der Waals surface area contributed by atoms with Crippen LogP contribution in [-0.4, -0.2) is 41.0 Å². The van der Waals surface area contributed by atoms with Gasteiger partial charge in [-0.15, -0.1) is 0 Å². The first-order valence-electron chi connectivity index (χ1n) is 0. The smallest absolute Gasteiger partial charge is 0 e. The summed E-state index contributed by atoms with van der Waals surface area (Å²) in [6.45, 7) is 0. The van der Waals surface area contributed by atoms with Crippen LogP contribution in [0.5, 0.6) is 0 Å². The van der Waals surface area contributed by atoms with Crippen LogP contribution >= 0.6 is 13.5 Å². The predicted octanol–water partition coefficient (Wildman–Crippen LogP) is -1.72. The van der Waals surface area contributed by atoms with Gasteiger partial charge in [0.15, 0.2) is 0 Å². The van der Waals surface area contributed by atoms with Crippen molar-refractivity contribution >= 4 is 54.5 Å². The van der Waals surface area contributed by atoms with Gasteiger partial charge < -0.3 is 0 Å². The quantitative estimate of drug-likeness (QED) is 0.467. The molecule has 4 heteroatoms. The summed E-state index contributed by atoms with van der Waals surface area (Å²) >= 11 is 0. The van der Waals surface area contributed by atoms with Crippen LogP contribution in [0.1, 0.15) is 0 Å². The second-order valence-electron chi connectivity index (χ2n) is 0. The van der Waals surface area contributed by atoms with Gasteiger partial charge in [-0.2, -0.15) is 13.5 Å². The molecule has 0 fully saturated rings. The van der Waals surface area contributed by atoms with Crippen LogP contribution < -0.4 is 0 Å². The Morgan fingerprint density at radius 3 is 1.00 bits per heavy atom. The second kappa shape index (κ2) is 18.6. The Labute approximate surface area is 73.1 Å². The Hall–Kier alpha value is 2.29. The van der Waals surface area contributed by atoms with Crippen molar-refractivity contribution in [1.29, 1.82) is 0 Å². The minimum Gasteiger partial charge on any atom is 0 e. The van der Waals surface area contributed by atoms with Crippen LogP contribution in [0.4, 0.5) is 0 Å². The molecular weight excluding hydrogens is 295 g/mol. The van der Waals surface area contributed by atoms with Gasteiger partial charge in [0.25, 0.3) is 0 Å². The van der Waals surface area contributed by atoms with Gasteiger partial charge >= 0.3 is 41.0 Å². The maximum Gasteiger partial charge on any atom is 0 e. The van der Waals surface area contributed by atoms with Crippen molar-refractivity contribution in [2.75, 3.05) is 0 Å². The fraction of sp³-hybridized carbons (Fsp3) is 0. The summed E-state index contributed by atoms with van der Waals surface area (Å²) in [4.78, 5) is 0. The minimum atomic E-state index is 0. The standard InChI is InChI=1S/H2S.H2Se.Sn.Zn.2H/h2*1H2;;;;. The van der Waals surface area contributed by atoms with E-state index in [4.69, 9.17) is 0 Å². The third kappa shape index (κ3) is 8.85. The van der Waals surface area contributed by atoms with Gasteiger partial charge in [0.05, 0.1) is 0 Å². The maximum absolute atomic E-state index is 0. The van der Waals surface area contributed by atoms with E-state index in [1.807, 2.05) is 0 Å². The third-order valence-corrected chi connectivity index (χ3v) is 0. The Morgan fingerprint density at radius 2 is 1.00 bits per heavy atom. The molecule has 0 aromatic rings. The van der Waals surface area contributed by atoms with Crippen molar-refractivity contribution in [3.8, 4) is 0 Å². The Balaban J connectivity index is 0. The van der Waals surface area contributed by atoms with Crippen LogP contribution in [0.3, 0.4) is 0 Å². The molecule has 0 N–H and O–H groups in total. The number of hydrogen-bond acceptors (Lipinski definition) is 0. The summed E-state index contributed by atoms with van der Waals surface area (Å²) in [5, 5.41) is 0. The summed E-state index contributed by atoms with van der Waals surface area (Å²) in [6.07, 6.45) is 0. The molecule has 4 heavy (non-hydrogen) atoms. The first kappa shape index (κ1) is 33.5. The normalized spacial score (nSPS) is 0. The molecule has 0 aromatic heterocycles. The summed E-state index contributed by atoms with van der Waals surface area (Å²) < 4.78 is 0. The van der Waals surface area contributed by atoms with Gasteiger partial charge in [0.1, 0.15) is 0 Å². The van der Waals surface area contributed by atoms with Crippen LogP contribution in [0.25, 0.3) is 0 Å². The molecule has 0 aliphatic rings. The zero-order chi connectivity index (χ0) is 0. The fourth-order valence-electron chi connectivity index (χ4n) is 0. The molecule has 0 rings (SSSR count). The molecule has 0 aliphatic heterocycles. The molecule has 24 valence electrons. The van der Waals surface area contributed by atoms with Crippen LogP contribution in [0, 0.1) is 0 Å². The summed E-state index contributed by atoms with van der Waals surface area (Å²) in [6, 6.07) is 0. The van der Waals surface area contributed by atoms with E-state index >= 15 is 0 Å². The van der Waals surface area contributed by atoms with Crippen LogP contribution in [0.15, 0.2) is 0 Å². The SMILES string of the molecule is S.[SeH2].[SnH2].[Zn]. The van der Waals surface area contributed by atoms with Gasteiger partial charge in [-0.3, -0.25) is 0 Å². The van der Waals surface area contributed by atoms with Crippen molar-refractivity contribution in [2.45, 2.75) is 0 Å². The van der Waals surface area contributed by atoms with Crippen molar-refractivity contribution < 1.29 is 19.5 Å². The molecular formula is H6SSeSnZn. The van der Waals surface area contributed by atoms with E-state index in [-0.39, 0.29) is 73.9 Å². The summed E-state index contributed by atoms with van der Waals surface area (Å²) in [5.41, 5.74) is 0. The first-order chi connectivity index (χ1) is 0. The van der Waals surface area contributed by atoms with Gasteiger partial charge in [0.2, 0.25) is 0 Å². The average molecular weight is 301 g/mol.